The van der Waals surface area contributed by atoms with E-state index < -0.39 is 0 Å². The number of rotatable bonds is 14. The predicted molar refractivity (Wildman–Crippen MR) is 97.2 cm³/mol. The monoisotopic (exact) mass is 304 g/mol. The zero-order valence-electron chi connectivity index (χ0n) is 14.6. The first kappa shape index (κ1) is 19.2. The van der Waals surface area contributed by atoms with Crippen LogP contribution in [0.4, 0.5) is 0 Å². The molecule has 0 fully saturated rings. The maximum absolute atomic E-state index is 10.0. The highest BCUT2D eigenvalue weighted by atomic mass is 16.3. The van der Waals surface area contributed by atoms with Crippen molar-refractivity contribution in [2.45, 2.75) is 96.5 Å². The van der Waals surface area contributed by atoms with E-state index in [-0.39, 0.29) is 6.10 Å². The van der Waals surface area contributed by atoms with Crippen LogP contribution in [0.5, 0.6) is 0 Å². The van der Waals surface area contributed by atoms with Crippen molar-refractivity contribution in [3.05, 3.63) is 35.9 Å². The average Bonchev–Trinajstić information content (AvgIpc) is 2.53. The molecule has 1 aromatic rings. The summed E-state index contributed by atoms with van der Waals surface area (Å²) in [5, 5.41) is 10.0. The predicted octanol–water partition coefficient (Wildman–Crippen LogP) is 6.29. The molecule has 22 heavy (non-hydrogen) atoms. The molecule has 0 aliphatic rings. The molecule has 0 saturated carbocycles. The van der Waals surface area contributed by atoms with E-state index >= 15 is 0 Å². The van der Waals surface area contributed by atoms with E-state index in [0.29, 0.717) is 0 Å². The first-order valence-electron chi connectivity index (χ1n) is 9.55. The van der Waals surface area contributed by atoms with Gasteiger partial charge in [0.25, 0.3) is 0 Å². The summed E-state index contributed by atoms with van der Waals surface area (Å²) in [7, 11) is 0. The lowest BCUT2D eigenvalue weighted by atomic mass is 10.0. The van der Waals surface area contributed by atoms with Gasteiger partial charge in [0, 0.05) is 0 Å². The van der Waals surface area contributed by atoms with Crippen LogP contribution in [0, 0.1) is 0 Å². The molecule has 0 spiro atoms. The number of aliphatic hydroxyl groups excluding tert-OH is 1. The summed E-state index contributed by atoms with van der Waals surface area (Å²) in [6, 6.07) is 10.3. The van der Waals surface area contributed by atoms with Crippen LogP contribution in [0.3, 0.4) is 0 Å². The fourth-order valence-electron chi connectivity index (χ4n) is 3.03. The molecule has 0 heterocycles. The summed E-state index contributed by atoms with van der Waals surface area (Å²) in [4.78, 5) is 0. The number of benzene rings is 1. The fraction of sp³-hybridized carbons (Fsp3) is 0.714. The van der Waals surface area contributed by atoms with Crippen molar-refractivity contribution in [3.8, 4) is 0 Å². The van der Waals surface area contributed by atoms with Gasteiger partial charge in [-0.25, -0.2) is 0 Å². The van der Waals surface area contributed by atoms with Crippen molar-refractivity contribution >= 4 is 0 Å². The van der Waals surface area contributed by atoms with E-state index in [9.17, 15) is 5.11 Å². The molecule has 0 amide bonds. The van der Waals surface area contributed by atoms with Crippen LogP contribution in [0.25, 0.3) is 0 Å². The lowest BCUT2D eigenvalue weighted by molar-refractivity contribution is 0.161. The van der Waals surface area contributed by atoms with Gasteiger partial charge in [-0.2, -0.15) is 0 Å². The molecule has 1 aromatic carbocycles. The highest BCUT2D eigenvalue weighted by Crippen LogP contribution is 2.14. The zero-order valence-corrected chi connectivity index (χ0v) is 14.6. The fourth-order valence-corrected chi connectivity index (χ4v) is 3.03. The van der Waals surface area contributed by atoms with Crippen LogP contribution in [-0.2, 0) is 6.42 Å². The number of aliphatic hydroxyl groups is 1. The van der Waals surface area contributed by atoms with Gasteiger partial charge in [-0.1, -0.05) is 108 Å². The molecule has 0 saturated heterocycles. The maximum Gasteiger partial charge on any atom is 0.0580 e. The Hall–Kier alpha value is -0.820. The minimum absolute atomic E-state index is 0.166. The third-order valence-electron chi connectivity index (χ3n) is 4.46. The van der Waals surface area contributed by atoms with E-state index in [0.717, 1.165) is 12.8 Å². The van der Waals surface area contributed by atoms with E-state index in [1.54, 1.807) is 0 Å². The van der Waals surface area contributed by atoms with Gasteiger partial charge in [-0.3, -0.25) is 0 Å². The van der Waals surface area contributed by atoms with Gasteiger partial charge >= 0.3 is 0 Å². The summed E-state index contributed by atoms with van der Waals surface area (Å²) < 4.78 is 0. The standard InChI is InChI=1S/C21H36O/c1-2-3-4-5-6-7-8-9-10-11-15-18-21(22)19-20-16-13-12-14-17-20/h12-14,16-17,21-22H,2-11,15,18-19H2,1H3. The van der Waals surface area contributed by atoms with E-state index in [2.05, 4.69) is 19.1 Å². The Morgan fingerprint density at radius 3 is 1.77 bits per heavy atom. The topological polar surface area (TPSA) is 20.2 Å². The highest BCUT2D eigenvalue weighted by molar-refractivity contribution is 5.15. The molecule has 0 radical (unpaired) electrons. The molecule has 126 valence electrons. The minimum Gasteiger partial charge on any atom is -0.393 e. The first-order valence-corrected chi connectivity index (χ1v) is 9.55. The third kappa shape index (κ3) is 10.8. The molecule has 1 nitrogen and oxygen atoms in total. The molecule has 0 bridgehead atoms. The second kappa shape index (κ2) is 13.8. The summed E-state index contributed by atoms with van der Waals surface area (Å²) in [5.74, 6) is 0. The largest absolute Gasteiger partial charge is 0.393 e. The summed E-state index contributed by atoms with van der Waals surface area (Å²) in [6.07, 6.45) is 16.6. The summed E-state index contributed by atoms with van der Waals surface area (Å²) >= 11 is 0. The molecule has 0 aliphatic carbocycles. The Bertz CT molecular complexity index is 333. The van der Waals surface area contributed by atoms with Gasteiger partial charge in [-0.15, -0.1) is 0 Å². The van der Waals surface area contributed by atoms with E-state index in [1.165, 1.54) is 76.2 Å². The van der Waals surface area contributed by atoms with Crippen LogP contribution >= 0.6 is 0 Å². The SMILES string of the molecule is CCCCCCCCCCCCCC(O)Cc1ccccc1. The van der Waals surface area contributed by atoms with E-state index in [1.807, 2.05) is 18.2 Å². The van der Waals surface area contributed by atoms with Gasteiger partial charge in [0.05, 0.1) is 6.10 Å². The van der Waals surface area contributed by atoms with Gasteiger partial charge in [0.15, 0.2) is 0 Å². The molecule has 1 atom stereocenters. The molecular formula is C21H36O. The average molecular weight is 305 g/mol. The number of hydrogen-bond acceptors (Lipinski definition) is 1. The van der Waals surface area contributed by atoms with Crippen LogP contribution in [0.1, 0.15) is 89.5 Å². The van der Waals surface area contributed by atoms with Gasteiger partial charge < -0.3 is 5.11 Å². The summed E-state index contributed by atoms with van der Waals surface area (Å²) in [5.41, 5.74) is 1.25. The van der Waals surface area contributed by atoms with E-state index in [4.69, 9.17) is 0 Å². The van der Waals surface area contributed by atoms with Crippen molar-refractivity contribution in [1.82, 2.24) is 0 Å². The molecule has 1 heteroatoms. The normalized spacial score (nSPS) is 12.5. The molecule has 1 N–H and O–H groups in total. The lowest BCUT2D eigenvalue weighted by Crippen LogP contribution is -2.10. The Kier molecular flexibility index (Phi) is 12.1. The zero-order chi connectivity index (χ0) is 15.9. The van der Waals surface area contributed by atoms with Crippen molar-refractivity contribution in [2.24, 2.45) is 0 Å². The second-order valence-electron chi connectivity index (χ2n) is 6.67. The number of unbranched alkanes of at least 4 members (excludes halogenated alkanes) is 10. The van der Waals surface area contributed by atoms with Gasteiger partial charge in [-0.05, 0) is 18.4 Å². The lowest BCUT2D eigenvalue weighted by Gasteiger charge is -2.10. The van der Waals surface area contributed by atoms with Crippen LogP contribution < -0.4 is 0 Å². The highest BCUT2D eigenvalue weighted by Gasteiger charge is 2.04. The van der Waals surface area contributed by atoms with Crippen molar-refractivity contribution in [1.29, 1.82) is 0 Å². The molecule has 0 aromatic heterocycles. The van der Waals surface area contributed by atoms with Crippen LogP contribution in [0.15, 0.2) is 30.3 Å². The Morgan fingerprint density at radius 1 is 0.727 bits per heavy atom. The van der Waals surface area contributed by atoms with Crippen molar-refractivity contribution in [2.75, 3.05) is 0 Å². The van der Waals surface area contributed by atoms with Crippen LogP contribution in [-0.4, -0.2) is 11.2 Å². The smallest absolute Gasteiger partial charge is 0.0580 e. The van der Waals surface area contributed by atoms with Crippen LogP contribution in [0.2, 0.25) is 0 Å². The Labute approximate surface area is 138 Å². The number of hydrogen-bond donors (Lipinski definition) is 1. The van der Waals surface area contributed by atoms with Crippen molar-refractivity contribution in [3.63, 3.8) is 0 Å². The maximum atomic E-state index is 10.0. The quantitative estimate of drug-likeness (QED) is 0.400. The first-order chi connectivity index (χ1) is 10.8. The molecular weight excluding hydrogens is 268 g/mol. The van der Waals surface area contributed by atoms with Gasteiger partial charge in [0.2, 0.25) is 0 Å². The third-order valence-corrected chi connectivity index (χ3v) is 4.46. The Balaban J connectivity index is 1.85. The molecule has 1 rings (SSSR count). The van der Waals surface area contributed by atoms with Crippen molar-refractivity contribution < 1.29 is 5.11 Å². The minimum atomic E-state index is -0.166. The van der Waals surface area contributed by atoms with Gasteiger partial charge in [0.1, 0.15) is 0 Å². The second-order valence-corrected chi connectivity index (χ2v) is 6.67. The summed E-state index contributed by atoms with van der Waals surface area (Å²) in [6.45, 7) is 2.27. The Morgan fingerprint density at radius 2 is 1.23 bits per heavy atom. The molecule has 1 unspecified atom stereocenters. The molecule has 0 aliphatic heterocycles.